The molecule has 2 aliphatic rings. The van der Waals surface area contributed by atoms with E-state index in [4.69, 9.17) is 4.98 Å². The number of para-hydroxylation sites is 1. The van der Waals surface area contributed by atoms with E-state index >= 15 is 0 Å². The molecule has 2 fully saturated rings. The van der Waals surface area contributed by atoms with Gasteiger partial charge in [-0.2, -0.15) is 15.0 Å². The molecular formula is C22H25N7O. The quantitative estimate of drug-likeness (QED) is 0.657. The predicted octanol–water partition coefficient (Wildman–Crippen LogP) is 3.01. The van der Waals surface area contributed by atoms with Gasteiger partial charge in [-0.1, -0.05) is 12.1 Å². The Kier molecular flexibility index (Phi) is 4.90. The standard InChI is InChI=1S/C22H25N7O/c1-14-13-23-21(20(26-14)15-9-10-15)27-17-6-4-7-18(17)28-22(30)16-5-2-3-8-19(16)29-24-11-12-25-29/h2-3,5,8,11-13,15,17-18H,4,6-7,9-10H2,1H3,(H,23,27)(H,28,30)/t17-,18-/m0/s1. The molecule has 1 aromatic carbocycles. The maximum absolute atomic E-state index is 13.1. The van der Waals surface area contributed by atoms with Crippen LogP contribution in [0, 0.1) is 6.92 Å². The number of hydrogen-bond donors (Lipinski definition) is 2. The second-order valence-corrected chi connectivity index (χ2v) is 8.12. The first-order chi connectivity index (χ1) is 14.7. The topological polar surface area (TPSA) is 97.6 Å². The van der Waals surface area contributed by atoms with Crippen LogP contribution in [0.5, 0.6) is 0 Å². The van der Waals surface area contributed by atoms with Crippen LogP contribution in [-0.4, -0.2) is 43.0 Å². The van der Waals surface area contributed by atoms with E-state index in [0.717, 1.165) is 36.5 Å². The summed E-state index contributed by atoms with van der Waals surface area (Å²) < 4.78 is 0. The van der Waals surface area contributed by atoms with Gasteiger partial charge in [0.1, 0.15) is 5.82 Å². The summed E-state index contributed by atoms with van der Waals surface area (Å²) >= 11 is 0. The van der Waals surface area contributed by atoms with Gasteiger partial charge in [0.15, 0.2) is 0 Å². The number of rotatable bonds is 6. The normalized spacial score (nSPS) is 20.8. The highest BCUT2D eigenvalue weighted by molar-refractivity contribution is 5.97. The van der Waals surface area contributed by atoms with Crippen molar-refractivity contribution < 1.29 is 4.79 Å². The summed E-state index contributed by atoms with van der Waals surface area (Å²) in [4.78, 5) is 23.9. The molecule has 0 spiro atoms. The predicted molar refractivity (Wildman–Crippen MR) is 113 cm³/mol. The number of nitrogens with zero attached hydrogens (tertiary/aromatic N) is 5. The van der Waals surface area contributed by atoms with E-state index in [-0.39, 0.29) is 18.0 Å². The third-order valence-corrected chi connectivity index (χ3v) is 5.82. The molecule has 5 rings (SSSR count). The maximum Gasteiger partial charge on any atom is 0.253 e. The molecule has 0 aliphatic heterocycles. The molecule has 2 N–H and O–H groups in total. The number of benzene rings is 1. The summed E-state index contributed by atoms with van der Waals surface area (Å²) in [6.07, 6.45) is 10.4. The van der Waals surface area contributed by atoms with Gasteiger partial charge in [0, 0.05) is 18.0 Å². The van der Waals surface area contributed by atoms with Crippen molar-refractivity contribution in [1.82, 2.24) is 30.3 Å². The lowest BCUT2D eigenvalue weighted by Crippen LogP contribution is -2.43. The Morgan fingerprint density at radius 2 is 1.83 bits per heavy atom. The molecule has 0 bridgehead atoms. The third kappa shape index (κ3) is 3.77. The first-order valence-corrected chi connectivity index (χ1v) is 10.6. The number of aryl methyl sites for hydroxylation is 1. The van der Waals surface area contributed by atoms with Crippen LogP contribution in [0.1, 0.15) is 59.8 Å². The molecular weight excluding hydrogens is 378 g/mol. The number of carbonyl (C=O) groups is 1. The average molecular weight is 403 g/mol. The Morgan fingerprint density at radius 3 is 2.63 bits per heavy atom. The van der Waals surface area contributed by atoms with Crippen molar-refractivity contribution in [3.05, 3.63) is 59.8 Å². The van der Waals surface area contributed by atoms with Gasteiger partial charge in [0.2, 0.25) is 0 Å². The summed E-state index contributed by atoms with van der Waals surface area (Å²) in [5.41, 5.74) is 3.25. The van der Waals surface area contributed by atoms with E-state index in [2.05, 4.69) is 25.8 Å². The van der Waals surface area contributed by atoms with Gasteiger partial charge in [-0.3, -0.25) is 9.78 Å². The van der Waals surface area contributed by atoms with Crippen LogP contribution in [0.3, 0.4) is 0 Å². The van der Waals surface area contributed by atoms with Crippen molar-refractivity contribution in [1.29, 1.82) is 0 Å². The molecule has 8 heteroatoms. The Morgan fingerprint density at radius 1 is 1.07 bits per heavy atom. The fourth-order valence-corrected chi connectivity index (χ4v) is 4.16. The third-order valence-electron chi connectivity index (χ3n) is 5.82. The number of nitrogens with one attached hydrogen (secondary N) is 2. The highest BCUT2D eigenvalue weighted by atomic mass is 16.1. The fourth-order valence-electron chi connectivity index (χ4n) is 4.16. The summed E-state index contributed by atoms with van der Waals surface area (Å²) in [5.74, 6) is 1.28. The summed E-state index contributed by atoms with van der Waals surface area (Å²) in [5, 5.41) is 15.2. The van der Waals surface area contributed by atoms with Crippen molar-refractivity contribution in [2.45, 2.75) is 57.0 Å². The molecule has 0 unspecified atom stereocenters. The molecule has 1 amide bonds. The molecule has 154 valence electrons. The van der Waals surface area contributed by atoms with Crippen molar-refractivity contribution in [3.63, 3.8) is 0 Å². The summed E-state index contributed by atoms with van der Waals surface area (Å²) in [7, 11) is 0. The minimum absolute atomic E-state index is 0.0336. The molecule has 3 aromatic rings. The van der Waals surface area contributed by atoms with Crippen molar-refractivity contribution in [3.8, 4) is 5.69 Å². The van der Waals surface area contributed by atoms with E-state index in [0.29, 0.717) is 17.2 Å². The highest BCUT2D eigenvalue weighted by Crippen LogP contribution is 2.42. The van der Waals surface area contributed by atoms with Crippen LogP contribution >= 0.6 is 0 Å². The Hall–Kier alpha value is -3.29. The lowest BCUT2D eigenvalue weighted by molar-refractivity contribution is 0.0935. The van der Waals surface area contributed by atoms with E-state index in [1.54, 1.807) is 12.4 Å². The van der Waals surface area contributed by atoms with Gasteiger partial charge in [-0.15, -0.1) is 0 Å². The van der Waals surface area contributed by atoms with Crippen LogP contribution in [0.4, 0.5) is 5.82 Å². The van der Waals surface area contributed by atoms with Gasteiger partial charge < -0.3 is 10.6 Å². The monoisotopic (exact) mass is 403 g/mol. The number of amides is 1. The van der Waals surface area contributed by atoms with Gasteiger partial charge in [-0.25, -0.2) is 4.98 Å². The van der Waals surface area contributed by atoms with E-state index in [1.165, 1.54) is 17.6 Å². The van der Waals surface area contributed by atoms with Crippen molar-refractivity contribution in [2.24, 2.45) is 0 Å². The molecule has 8 nitrogen and oxygen atoms in total. The second-order valence-electron chi connectivity index (χ2n) is 8.12. The zero-order valence-electron chi connectivity index (χ0n) is 17.0. The SMILES string of the molecule is Cc1cnc(N[C@H]2CCC[C@@H]2NC(=O)c2ccccc2-n2nccn2)c(C2CC2)n1. The van der Waals surface area contributed by atoms with Crippen LogP contribution in [0.2, 0.25) is 0 Å². The largest absolute Gasteiger partial charge is 0.364 e. The van der Waals surface area contributed by atoms with Gasteiger partial charge in [-0.05, 0) is 51.2 Å². The number of hydrogen-bond acceptors (Lipinski definition) is 6. The highest BCUT2D eigenvalue weighted by Gasteiger charge is 2.33. The Balaban J connectivity index is 1.33. The van der Waals surface area contributed by atoms with E-state index < -0.39 is 0 Å². The minimum Gasteiger partial charge on any atom is -0.364 e. The lowest BCUT2D eigenvalue weighted by atomic mass is 10.1. The molecule has 0 saturated heterocycles. The molecule has 30 heavy (non-hydrogen) atoms. The number of carbonyl (C=O) groups excluding carboxylic acids is 1. The van der Waals surface area contributed by atoms with Gasteiger partial charge >= 0.3 is 0 Å². The Labute approximate surface area is 175 Å². The molecule has 2 heterocycles. The molecule has 2 aliphatic carbocycles. The van der Waals surface area contributed by atoms with Gasteiger partial charge in [0.05, 0.1) is 41.2 Å². The maximum atomic E-state index is 13.1. The fraction of sp³-hybridized carbons (Fsp3) is 0.409. The lowest BCUT2D eigenvalue weighted by Gasteiger charge is -2.24. The van der Waals surface area contributed by atoms with Crippen LogP contribution in [-0.2, 0) is 0 Å². The van der Waals surface area contributed by atoms with Crippen molar-refractivity contribution >= 4 is 11.7 Å². The molecule has 2 aromatic heterocycles. The smallest absolute Gasteiger partial charge is 0.253 e. The minimum atomic E-state index is -0.112. The number of aromatic nitrogens is 5. The Bertz CT molecular complexity index is 1050. The zero-order valence-corrected chi connectivity index (χ0v) is 17.0. The van der Waals surface area contributed by atoms with Crippen LogP contribution in [0.15, 0.2) is 42.9 Å². The summed E-state index contributed by atoms with van der Waals surface area (Å²) in [6, 6.07) is 7.57. The number of anilines is 1. The van der Waals surface area contributed by atoms with Crippen molar-refractivity contribution in [2.75, 3.05) is 5.32 Å². The summed E-state index contributed by atoms with van der Waals surface area (Å²) in [6.45, 7) is 1.98. The average Bonchev–Trinajstić information content (AvgIpc) is 3.28. The first-order valence-electron chi connectivity index (χ1n) is 10.6. The molecule has 2 atom stereocenters. The molecule has 0 radical (unpaired) electrons. The van der Waals surface area contributed by atoms with Crippen LogP contribution in [0.25, 0.3) is 5.69 Å². The van der Waals surface area contributed by atoms with Gasteiger partial charge in [0.25, 0.3) is 5.91 Å². The van der Waals surface area contributed by atoms with E-state index in [9.17, 15) is 4.79 Å². The van der Waals surface area contributed by atoms with Crippen LogP contribution < -0.4 is 10.6 Å². The molecule has 2 saturated carbocycles. The van der Waals surface area contributed by atoms with E-state index in [1.807, 2.05) is 37.4 Å². The second kappa shape index (κ2) is 7.85. The first kappa shape index (κ1) is 18.7. The zero-order chi connectivity index (χ0) is 20.5.